The van der Waals surface area contributed by atoms with Gasteiger partial charge in [0.2, 0.25) is 0 Å². The highest BCUT2D eigenvalue weighted by Crippen LogP contribution is 2.46. The van der Waals surface area contributed by atoms with Crippen LogP contribution in [-0.2, 0) is 11.3 Å². The number of hydrogen-bond acceptors (Lipinski definition) is 4. The van der Waals surface area contributed by atoms with Gasteiger partial charge < -0.3 is 19.7 Å². The number of allylic oxidation sites excluding steroid dienone is 1. The van der Waals surface area contributed by atoms with E-state index in [1.165, 1.54) is 30.5 Å². The van der Waals surface area contributed by atoms with Gasteiger partial charge in [-0.3, -0.25) is 0 Å². The molecule has 0 amide bonds. The van der Waals surface area contributed by atoms with Gasteiger partial charge in [0, 0.05) is 35.6 Å². The van der Waals surface area contributed by atoms with Crippen LogP contribution in [0.3, 0.4) is 0 Å². The van der Waals surface area contributed by atoms with Crippen LogP contribution in [0.15, 0.2) is 104 Å². The molecule has 0 saturated carbocycles. The van der Waals surface area contributed by atoms with Crippen molar-refractivity contribution in [1.29, 1.82) is 0 Å². The number of fused-ring (bicyclic) bond motifs is 1. The van der Waals surface area contributed by atoms with Crippen molar-refractivity contribution in [2.45, 2.75) is 58.1 Å². The summed E-state index contributed by atoms with van der Waals surface area (Å²) in [6.45, 7) is 15.2. The Kier molecular flexibility index (Phi) is 11.1. The molecule has 2 unspecified atom stereocenters. The van der Waals surface area contributed by atoms with E-state index in [-0.39, 0.29) is 0 Å². The molecule has 210 valence electrons. The van der Waals surface area contributed by atoms with E-state index < -0.39 is 0 Å². The van der Waals surface area contributed by atoms with Crippen molar-refractivity contribution in [3.05, 3.63) is 121 Å². The number of hydrogen-bond donors (Lipinski definition) is 1. The lowest BCUT2D eigenvalue weighted by Gasteiger charge is -2.30. The van der Waals surface area contributed by atoms with Crippen LogP contribution in [0.1, 0.15) is 62.1 Å². The maximum Gasteiger partial charge on any atom is 0.119 e. The molecule has 4 rings (SSSR count). The third-order valence-electron chi connectivity index (χ3n) is 7.54. The second kappa shape index (κ2) is 15.1. The van der Waals surface area contributed by atoms with Crippen molar-refractivity contribution in [1.82, 2.24) is 0 Å². The minimum absolute atomic E-state index is 0.435. The van der Waals surface area contributed by atoms with Gasteiger partial charge in [0.05, 0.1) is 13.2 Å². The molecule has 0 aromatic heterocycles. The maximum absolute atomic E-state index is 5.95. The molecule has 1 heterocycles. The van der Waals surface area contributed by atoms with Crippen molar-refractivity contribution in [3.8, 4) is 5.75 Å². The summed E-state index contributed by atoms with van der Waals surface area (Å²) in [5.74, 6) is 1.36. The monoisotopic (exact) mass is 536 g/mol. The summed E-state index contributed by atoms with van der Waals surface area (Å²) >= 11 is 0. The van der Waals surface area contributed by atoms with Crippen LogP contribution in [0.25, 0.3) is 5.70 Å². The molecule has 0 saturated heterocycles. The van der Waals surface area contributed by atoms with Gasteiger partial charge in [0.25, 0.3) is 0 Å². The Morgan fingerprint density at radius 3 is 2.58 bits per heavy atom. The van der Waals surface area contributed by atoms with Crippen molar-refractivity contribution < 1.29 is 9.47 Å². The summed E-state index contributed by atoms with van der Waals surface area (Å²) in [6.07, 6.45) is 11.0. The first-order valence-corrected chi connectivity index (χ1v) is 14.6. The Bertz CT molecular complexity index is 1250. The molecule has 3 aromatic rings. The molecule has 0 radical (unpaired) electrons. The Hall–Kier alpha value is -3.76. The van der Waals surface area contributed by atoms with Gasteiger partial charge in [0.15, 0.2) is 0 Å². The van der Waals surface area contributed by atoms with E-state index in [9.17, 15) is 0 Å². The second-order valence-corrected chi connectivity index (χ2v) is 10.4. The molecular formula is C36H44N2O2. The van der Waals surface area contributed by atoms with Gasteiger partial charge in [-0.1, -0.05) is 87.0 Å². The smallest absolute Gasteiger partial charge is 0.119 e. The number of nitrogens with one attached hydrogen (secondary N) is 1. The third-order valence-corrected chi connectivity index (χ3v) is 7.54. The lowest BCUT2D eigenvalue weighted by atomic mass is 9.88. The molecule has 0 bridgehead atoms. The number of nitrogens with zero attached hydrogens (tertiary/aromatic N) is 1. The first-order chi connectivity index (χ1) is 19.6. The molecule has 4 nitrogen and oxygen atoms in total. The van der Waals surface area contributed by atoms with E-state index >= 15 is 0 Å². The summed E-state index contributed by atoms with van der Waals surface area (Å²) in [6, 6.07) is 25.6. The van der Waals surface area contributed by atoms with Gasteiger partial charge in [-0.2, -0.15) is 0 Å². The normalized spacial score (nSPS) is 16.2. The van der Waals surface area contributed by atoms with Crippen molar-refractivity contribution >= 4 is 17.1 Å². The molecule has 1 aliphatic rings. The molecule has 3 aromatic carbocycles. The van der Waals surface area contributed by atoms with E-state index in [4.69, 9.17) is 9.47 Å². The zero-order chi connectivity index (χ0) is 28.2. The number of anilines is 2. The van der Waals surface area contributed by atoms with E-state index in [2.05, 4.69) is 79.7 Å². The van der Waals surface area contributed by atoms with E-state index in [0.29, 0.717) is 31.8 Å². The fourth-order valence-electron chi connectivity index (χ4n) is 5.47. The van der Waals surface area contributed by atoms with Crippen molar-refractivity contribution in [3.63, 3.8) is 0 Å². The molecule has 0 aliphatic carbocycles. The molecular weight excluding hydrogens is 492 g/mol. The van der Waals surface area contributed by atoms with Gasteiger partial charge in [-0.15, -0.1) is 6.58 Å². The Morgan fingerprint density at radius 2 is 1.85 bits per heavy atom. The lowest BCUT2D eigenvalue weighted by molar-refractivity contribution is 0.167. The van der Waals surface area contributed by atoms with Gasteiger partial charge in [-0.25, -0.2) is 0 Å². The summed E-state index contributed by atoms with van der Waals surface area (Å²) in [5, 5.41) is 3.50. The molecule has 40 heavy (non-hydrogen) atoms. The zero-order valence-corrected chi connectivity index (χ0v) is 24.1. The fraction of sp³-hybridized carbons (Fsp3) is 0.333. The average molecular weight is 537 g/mol. The van der Waals surface area contributed by atoms with Gasteiger partial charge >= 0.3 is 0 Å². The number of ether oxygens (including phenoxy) is 2. The number of unbranched alkanes of at least 4 members (excludes halogenated alkanes) is 1. The molecule has 0 fully saturated rings. The first-order valence-electron chi connectivity index (χ1n) is 14.6. The molecule has 1 N–H and O–H groups in total. The first kappa shape index (κ1) is 29.2. The quantitative estimate of drug-likeness (QED) is 0.146. The predicted octanol–water partition coefficient (Wildman–Crippen LogP) is 8.98. The zero-order valence-electron chi connectivity index (χ0n) is 24.1. The Morgan fingerprint density at radius 1 is 1.05 bits per heavy atom. The summed E-state index contributed by atoms with van der Waals surface area (Å²) < 4.78 is 11.8. The maximum atomic E-state index is 5.95. The molecule has 2 atom stereocenters. The SMILES string of the molecule is C=CCOCCN1c2cc(C(=C)Nc3ccc(OCc4ccccc4)cc3)ccc2C(CCCC)C1C/C=C\C. The summed E-state index contributed by atoms with van der Waals surface area (Å²) in [7, 11) is 0. The van der Waals surface area contributed by atoms with Crippen LogP contribution in [0.2, 0.25) is 0 Å². The standard InChI is InChI=1S/C36H44N2O2/c1-5-8-15-33-34-22-17-30(26-36(34)38(23-25-39-24-7-3)35(33)16-9-6-2)28(4)37-31-18-20-32(21-19-31)40-27-29-13-11-10-12-14-29/h6-7,9-14,17-22,26,33,35,37H,3-5,8,15-16,23-25,27H2,1-2H3/b9-6-. The largest absolute Gasteiger partial charge is 0.489 e. The fourth-order valence-corrected chi connectivity index (χ4v) is 5.47. The van der Waals surface area contributed by atoms with Gasteiger partial charge in [-0.05, 0) is 66.8 Å². The Balaban J connectivity index is 1.48. The Labute approximate surface area is 241 Å². The van der Waals surface area contributed by atoms with E-state index in [0.717, 1.165) is 41.2 Å². The van der Waals surface area contributed by atoms with Crippen molar-refractivity contribution in [2.75, 3.05) is 30.0 Å². The summed E-state index contributed by atoms with van der Waals surface area (Å²) in [5.41, 5.74) is 6.87. The van der Waals surface area contributed by atoms with Crippen LogP contribution in [0.5, 0.6) is 5.75 Å². The van der Waals surface area contributed by atoms with Crippen LogP contribution in [-0.4, -0.2) is 25.8 Å². The van der Waals surface area contributed by atoms with Crippen LogP contribution in [0.4, 0.5) is 11.4 Å². The van der Waals surface area contributed by atoms with Crippen molar-refractivity contribution in [2.24, 2.45) is 0 Å². The number of benzene rings is 3. The van der Waals surface area contributed by atoms with Crippen LogP contribution in [0, 0.1) is 0 Å². The highest BCUT2D eigenvalue weighted by Gasteiger charge is 2.37. The van der Waals surface area contributed by atoms with Gasteiger partial charge in [0.1, 0.15) is 12.4 Å². The molecule has 0 spiro atoms. The minimum atomic E-state index is 0.435. The van der Waals surface area contributed by atoms with E-state index in [1.807, 2.05) is 48.5 Å². The number of rotatable bonds is 16. The molecule has 4 heteroatoms. The average Bonchev–Trinajstić information content (AvgIpc) is 3.28. The highest BCUT2D eigenvalue weighted by molar-refractivity contribution is 5.79. The van der Waals surface area contributed by atoms with Crippen LogP contribution >= 0.6 is 0 Å². The second-order valence-electron chi connectivity index (χ2n) is 10.4. The minimum Gasteiger partial charge on any atom is -0.489 e. The summed E-state index contributed by atoms with van der Waals surface area (Å²) in [4.78, 5) is 2.56. The molecule has 1 aliphatic heterocycles. The predicted molar refractivity (Wildman–Crippen MR) is 170 cm³/mol. The van der Waals surface area contributed by atoms with E-state index in [1.54, 1.807) is 0 Å². The topological polar surface area (TPSA) is 33.7 Å². The highest BCUT2D eigenvalue weighted by atomic mass is 16.5. The lowest BCUT2D eigenvalue weighted by Crippen LogP contribution is -2.36. The third kappa shape index (κ3) is 7.67. The van der Waals surface area contributed by atoms with Crippen LogP contribution < -0.4 is 15.0 Å².